The van der Waals surface area contributed by atoms with E-state index in [4.69, 9.17) is 4.98 Å². The van der Waals surface area contributed by atoms with Gasteiger partial charge in [0.25, 0.3) is 0 Å². The van der Waals surface area contributed by atoms with Crippen molar-refractivity contribution in [1.29, 1.82) is 0 Å². The molecule has 1 atom stereocenters. The van der Waals surface area contributed by atoms with Gasteiger partial charge in [-0.1, -0.05) is 75.6 Å². The minimum Gasteiger partial charge on any atom is -0.252 e. The number of pyridine rings is 1. The van der Waals surface area contributed by atoms with Crippen molar-refractivity contribution in [3.8, 4) is 11.1 Å². The van der Waals surface area contributed by atoms with Crippen LogP contribution in [-0.2, 0) is 0 Å². The Morgan fingerprint density at radius 2 is 1.61 bits per heavy atom. The molecule has 1 aromatic carbocycles. The van der Waals surface area contributed by atoms with Crippen LogP contribution in [0.25, 0.3) is 29.4 Å². The molecule has 0 saturated heterocycles. The fraction of sp³-hybridized carbons (Fsp3) is 0.227. The van der Waals surface area contributed by atoms with Crippen LogP contribution in [-0.4, -0.2) is 4.98 Å². The number of aromatic nitrogens is 1. The van der Waals surface area contributed by atoms with Crippen LogP contribution in [0.4, 0.5) is 0 Å². The fourth-order valence-corrected chi connectivity index (χ4v) is 2.82. The predicted octanol–water partition coefficient (Wildman–Crippen LogP) is 6.50. The highest BCUT2D eigenvalue weighted by atomic mass is 14.7. The first-order valence-corrected chi connectivity index (χ1v) is 8.09. The lowest BCUT2D eigenvalue weighted by Gasteiger charge is -2.20. The van der Waals surface area contributed by atoms with Gasteiger partial charge in [-0.25, -0.2) is 0 Å². The van der Waals surface area contributed by atoms with E-state index in [9.17, 15) is 0 Å². The fourth-order valence-electron chi connectivity index (χ4n) is 2.82. The molecule has 2 rings (SSSR count). The van der Waals surface area contributed by atoms with E-state index in [2.05, 4.69) is 64.8 Å². The molecule has 0 saturated carbocycles. The van der Waals surface area contributed by atoms with Crippen molar-refractivity contribution in [2.24, 2.45) is 0 Å². The Morgan fingerprint density at radius 3 is 2.09 bits per heavy atom. The average Bonchev–Trinajstić information content (AvgIpc) is 2.59. The van der Waals surface area contributed by atoms with Crippen LogP contribution in [0.15, 0.2) is 44.0 Å². The predicted molar refractivity (Wildman–Crippen MR) is 103 cm³/mol. The van der Waals surface area contributed by atoms with Crippen LogP contribution in [0.5, 0.6) is 0 Å². The standard InChI is InChI=1S/C22H25N/c1-7-16(6)22-19(9-3)21(17-13-11-15(5)12-14-17)18(8-2)20(10-4)23-22/h8-14,16H,2-4,7H2,1,5-6H3. The van der Waals surface area contributed by atoms with Crippen molar-refractivity contribution in [2.45, 2.75) is 33.1 Å². The second-order valence-electron chi connectivity index (χ2n) is 5.87. The van der Waals surface area contributed by atoms with Gasteiger partial charge >= 0.3 is 0 Å². The molecule has 0 aliphatic carbocycles. The second kappa shape index (κ2) is 7.23. The van der Waals surface area contributed by atoms with Crippen LogP contribution in [0.1, 0.15) is 54.3 Å². The van der Waals surface area contributed by atoms with Gasteiger partial charge in [-0.2, -0.15) is 0 Å². The lowest BCUT2D eigenvalue weighted by Crippen LogP contribution is -2.06. The van der Waals surface area contributed by atoms with Crippen LogP contribution in [0, 0.1) is 6.92 Å². The highest BCUT2D eigenvalue weighted by Crippen LogP contribution is 2.36. The third kappa shape index (κ3) is 3.19. The maximum atomic E-state index is 4.85. The molecule has 1 unspecified atom stereocenters. The molecule has 0 aliphatic rings. The molecular formula is C22H25N. The van der Waals surface area contributed by atoms with Gasteiger partial charge in [0.1, 0.15) is 0 Å². The van der Waals surface area contributed by atoms with Gasteiger partial charge in [0.2, 0.25) is 0 Å². The Balaban J connectivity index is 2.89. The summed E-state index contributed by atoms with van der Waals surface area (Å²) in [4.78, 5) is 4.85. The molecule has 0 amide bonds. The number of benzene rings is 1. The van der Waals surface area contributed by atoms with Crippen molar-refractivity contribution in [1.82, 2.24) is 4.98 Å². The average molecular weight is 303 g/mol. The Kier molecular flexibility index (Phi) is 5.33. The molecule has 0 spiro atoms. The molecule has 0 N–H and O–H groups in total. The normalized spacial score (nSPS) is 11.8. The smallest absolute Gasteiger partial charge is 0.0706 e. The van der Waals surface area contributed by atoms with Crippen molar-refractivity contribution in [2.75, 3.05) is 0 Å². The Hall–Kier alpha value is -2.41. The zero-order chi connectivity index (χ0) is 17.0. The third-order valence-corrected chi connectivity index (χ3v) is 4.35. The summed E-state index contributed by atoms with van der Waals surface area (Å²) in [7, 11) is 0. The molecule has 0 bridgehead atoms. The summed E-state index contributed by atoms with van der Waals surface area (Å²) in [5, 5.41) is 0. The first kappa shape index (κ1) is 17.0. The molecule has 1 heterocycles. The molecule has 23 heavy (non-hydrogen) atoms. The van der Waals surface area contributed by atoms with Gasteiger partial charge in [0.15, 0.2) is 0 Å². The minimum atomic E-state index is 0.366. The Bertz CT molecular complexity index is 736. The van der Waals surface area contributed by atoms with Gasteiger partial charge in [0.05, 0.1) is 11.4 Å². The zero-order valence-electron chi connectivity index (χ0n) is 14.4. The molecule has 1 nitrogen and oxygen atoms in total. The maximum absolute atomic E-state index is 4.85. The van der Waals surface area contributed by atoms with Crippen LogP contribution < -0.4 is 0 Å². The molecule has 1 heteroatoms. The summed E-state index contributed by atoms with van der Waals surface area (Å²) in [5.41, 5.74) is 7.64. The maximum Gasteiger partial charge on any atom is 0.0706 e. The molecule has 0 fully saturated rings. The van der Waals surface area contributed by atoms with Gasteiger partial charge in [-0.05, 0) is 30.9 Å². The van der Waals surface area contributed by atoms with Crippen molar-refractivity contribution >= 4 is 18.2 Å². The first-order valence-electron chi connectivity index (χ1n) is 8.09. The SMILES string of the molecule is C=Cc1nc(C(C)CC)c(C=C)c(-c2ccc(C)cc2)c1C=C. The largest absolute Gasteiger partial charge is 0.252 e. The zero-order valence-corrected chi connectivity index (χ0v) is 14.4. The lowest BCUT2D eigenvalue weighted by molar-refractivity contribution is 0.705. The van der Waals surface area contributed by atoms with E-state index in [-0.39, 0.29) is 0 Å². The van der Waals surface area contributed by atoms with E-state index < -0.39 is 0 Å². The van der Waals surface area contributed by atoms with Gasteiger partial charge in [-0.3, -0.25) is 4.98 Å². The highest BCUT2D eigenvalue weighted by molar-refractivity contribution is 5.86. The summed E-state index contributed by atoms with van der Waals surface area (Å²) in [6.07, 6.45) is 6.63. The van der Waals surface area contributed by atoms with E-state index in [0.717, 1.165) is 40.1 Å². The number of nitrogens with zero attached hydrogens (tertiary/aromatic N) is 1. The monoisotopic (exact) mass is 303 g/mol. The van der Waals surface area contributed by atoms with E-state index in [1.807, 2.05) is 18.2 Å². The van der Waals surface area contributed by atoms with Crippen molar-refractivity contribution in [3.05, 3.63) is 72.1 Å². The van der Waals surface area contributed by atoms with Crippen LogP contribution >= 0.6 is 0 Å². The van der Waals surface area contributed by atoms with Crippen molar-refractivity contribution in [3.63, 3.8) is 0 Å². The number of aryl methyl sites for hydroxylation is 1. The summed E-state index contributed by atoms with van der Waals surface area (Å²) >= 11 is 0. The first-order chi connectivity index (χ1) is 11.1. The van der Waals surface area contributed by atoms with Gasteiger partial charge in [0, 0.05) is 16.7 Å². The molecule has 1 aromatic heterocycles. The van der Waals surface area contributed by atoms with E-state index in [1.165, 1.54) is 5.56 Å². The lowest BCUT2D eigenvalue weighted by atomic mass is 9.88. The number of hydrogen-bond acceptors (Lipinski definition) is 1. The molecular weight excluding hydrogens is 278 g/mol. The number of rotatable bonds is 6. The molecule has 2 aromatic rings. The quantitative estimate of drug-likeness (QED) is 0.593. The van der Waals surface area contributed by atoms with E-state index >= 15 is 0 Å². The van der Waals surface area contributed by atoms with Gasteiger partial charge in [-0.15, -0.1) is 0 Å². The van der Waals surface area contributed by atoms with Gasteiger partial charge < -0.3 is 0 Å². The van der Waals surface area contributed by atoms with Crippen molar-refractivity contribution < 1.29 is 0 Å². The van der Waals surface area contributed by atoms with E-state index in [1.54, 1.807) is 0 Å². The molecule has 0 aliphatic heterocycles. The summed E-state index contributed by atoms with van der Waals surface area (Å²) in [6, 6.07) is 8.56. The van der Waals surface area contributed by atoms with Crippen LogP contribution in [0.3, 0.4) is 0 Å². The summed E-state index contributed by atoms with van der Waals surface area (Å²) < 4.78 is 0. The highest BCUT2D eigenvalue weighted by Gasteiger charge is 2.19. The third-order valence-electron chi connectivity index (χ3n) is 4.35. The minimum absolute atomic E-state index is 0.366. The Labute approximate surface area is 140 Å². The van der Waals surface area contributed by atoms with E-state index in [0.29, 0.717) is 5.92 Å². The number of hydrogen-bond donors (Lipinski definition) is 0. The second-order valence-corrected chi connectivity index (χ2v) is 5.87. The summed E-state index contributed by atoms with van der Waals surface area (Å²) in [5.74, 6) is 0.366. The summed E-state index contributed by atoms with van der Waals surface area (Å²) in [6.45, 7) is 18.4. The van der Waals surface area contributed by atoms with Crippen LogP contribution in [0.2, 0.25) is 0 Å². The molecule has 118 valence electrons. The molecule has 0 radical (unpaired) electrons. The topological polar surface area (TPSA) is 12.9 Å². The Morgan fingerprint density at radius 1 is 1.00 bits per heavy atom.